The van der Waals surface area contributed by atoms with E-state index < -0.39 is 11.3 Å². The van der Waals surface area contributed by atoms with Crippen LogP contribution < -0.4 is 10.6 Å². The molecule has 1 aliphatic carbocycles. The van der Waals surface area contributed by atoms with E-state index in [0.717, 1.165) is 6.42 Å². The number of nitrogens with zero attached hydrogens (tertiary/aromatic N) is 3. The number of carbonyl (C=O) groups excluding carboxylic acids is 1. The second kappa shape index (κ2) is 7.10. The number of anilines is 1. The van der Waals surface area contributed by atoms with E-state index in [1.54, 1.807) is 25.3 Å². The van der Waals surface area contributed by atoms with Gasteiger partial charge in [-0.25, -0.2) is 13.8 Å². The molecule has 0 bridgehead atoms. The second-order valence-corrected chi connectivity index (χ2v) is 7.78. The lowest BCUT2D eigenvalue weighted by Crippen LogP contribution is -2.47. The van der Waals surface area contributed by atoms with Crippen LogP contribution in [0.4, 0.5) is 14.6 Å². The number of amides is 1. The number of nitrogens with one attached hydrogen (secondary N) is 2. The van der Waals surface area contributed by atoms with Crippen LogP contribution in [0, 0.1) is 0 Å². The van der Waals surface area contributed by atoms with Crippen molar-refractivity contribution in [2.75, 3.05) is 11.9 Å². The molecule has 1 unspecified atom stereocenters. The van der Waals surface area contributed by atoms with Crippen LogP contribution in [-0.4, -0.2) is 39.6 Å². The molecule has 7 nitrogen and oxygen atoms in total. The second-order valence-electron chi connectivity index (χ2n) is 7.78. The van der Waals surface area contributed by atoms with Crippen molar-refractivity contribution in [1.82, 2.24) is 20.5 Å². The maximum Gasteiger partial charge on any atom is 0.251 e. The first-order valence-electron chi connectivity index (χ1n) is 9.59. The Kier molecular flexibility index (Phi) is 4.76. The van der Waals surface area contributed by atoms with Gasteiger partial charge >= 0.3 is 0 Å². The van der Waals surface area contributed by atoms with Crippen LogP contribution in [0.5, 0.6) is 0 Å². The monoisotopic (exact) mass is 391 g/mol. The Morgan fingerprint density at radius 2 is 2.04 bits per heavy atom. The van der Waals surface area contributed by atoms with Crippen molar-refractivity contribution >= 4 is 11.7 Å². The molecule has 2 fully saturated rings. The molecule has 2 aromatic rings. The molecule has 2 N–H and O–H groups in total. The number of hydrogen-bond acceptors (Lipinski definition) is 6. The molecule has 1 aliphatic heterocycles. The van der Waals surface area contributed by atoms with Gasteiger partial charge in [0.25, 0.3) is 5.89 Å². The lowest BCUT2D eigenvalue weighted by molar-refractivity contribution is -0.128. The number of rotatable bonds is 4. The van der Waals surface area contributed by atoms with Crippen LogP contribution in [0.1, 0.15) is 51.3 Å². The average molecular weight is 391 g/mol. The Bertz CT molecular complexity index is 862. The van der Waals surface area contributed by atoms with E-state index in [2.05, 4.69) is 25.8 Å². The molecular formula is C19H23F2N5O2. The summed E-state index contributed by atoms with van der Waals surface area (Å²) >= 11 is 0. The normalized spacial score (nSPS) is 25.3. The first kappa shape index (κ1) is 18.8. The Morgan fingerprint density at radius 3 is 2.79 bits per heavy atom. The molecule has 1 saturated carbocycles. The summed E-state index contributed by atoms with van der Waals surface area (Å²) in [4.78, 5) is 16.7. The molecule has 0 radical (unpaired) electrons. The van der Waals surface area contributed by atoms with E-state index in [1.165, 1.54) is 0 Å². The molecule has 0 aromatic carbocycles. The third kappa shape index (κ3) is 3.57. The topological polar surface area (TPSA) is 92.9 Å². The Morgan fingerprint density at radius 1 is 1.25 bits per heavy atom. The van der Waals surface area contributed by atoms with Crippen LogP contribution in [0.2, 0.25) is 0 Å². The Labute approximate surface area is 161 Å². The van der Waals surface area contributed by atoms with Gasteiger partial charge in [0.05, 0.1) is 5.56 Å². The molecule has 2 aliphatic rings. The molecule has 0 spiro atoms. The van der Waals surface area contributed by atoms with Crippen LogP contribution >= 0.6 is 0 Å². The average Bonchev–Trinajstić information content (AvgIpc) is 3.17. The van der Waals surface area contributed by atoms with Crippen molar-refractivity contribution in [3.63, 3.8) is 0 Å². The van der Waals surface area contributed by atoms with E-state index in [4.69, 9.17) is 4.42 Å². The van der Waals surface area contributed by atoms with E-state index in [0.29, 0.717) is 37.2 Å². The van der Waals surface area contributed by atoms with Crippen molar-refractivity contribution < 1.29 is 18.0 Å². The molecule has 1 amide bonds. The highest BCUT2D eigenvalue weighted by Gasteiger charge is 2.42. The predicted molar refractivity (Wildman–Crippen MR) is 98.0 cm³/mol. The lowest BCUT2D eigenvalue weighted by atomic mass is 9.82. The van der Waals surface area contributed by atoms with E-state index in [9.17, 15) is 13.6 Å². The molecule has 28 heavy (non-hydrogen) atoms. The summed E-state index contributed by atoms with van der Waals surface area (Å²) in [5.74, 6) is -1.66. The SMILES string of the molecule is CC1(c2nnc(-c3cccnc3NC3CCC(F)(F)CC3)o2)CCCNC1=O. The van der Waals surface area contributed by atoms with Gasteiger partial charge in [-0.05, 0) is 44.7 Å². The van der Waals surface area contributed by atoms with Gasteiger partial charge in [0, 0.05) is 31.6 Å². The van der Waals surface area contributed by atoms with Crippen LogP contribution in [0.25, 0.3) is 11.5 Å². The van der Waals surface area contributed by atoms with Crippen LogP contribution in [-0.2, 0) is 10.2 Å². The van der Waals surface area contributed by atoms with Gasteiger partial charge in [-0.3, -0.25) is 4.79 Å². The summed E-state index contributed by atoms with van der Waals surface area (Å²) in [5, 5.41) is 14.3. The zero-order valence-electron chi connectivity index (χ0n) is 15.7. The smallest absolute Gasteiger partial charge is 0.251 e. The lowest BCUT2D eigenvalue weighted by Gasteiger charge is -2.29. The van der Waals surface area contributed by atoms with Gasteiger partial charge in [-0.1, -0.05) is 0 Å². The minimum Gasteiger partial charge on any atom is -0.419 e. The molecule has 150 valence electrons. The van der Waals surface area contributed by atoms with Gasteiger partial charge in [0.2, 0.25) is 17.7 Å². The molecule has 1 saturated heterocycles. The van der Waals surface area contributed by atoms with Crippen molar-refractivity contribution in [3.8, 4) is 11.5 Å². The number of piperidine rings is 1. The molecular weight excluding hydrogens is 368 g/mol. The molecule has 1 atom stereocenters. The minimum absolute atomic E-state index is 0.0858. The summed E-state index contributed by atoms with van der Waals surface area (Å²) in [6.45, 7) is 2.44. The largest absolute Gasteiger partial charge is 0.419 e. The number of halogens is 2. The van der Waals surface area contributed by atoms with Crippen LogP contribution in [0.15, 0.2) is 22.7 Å². The Balaban J connectivity index is 1.56. The molecule has 9 heteroatoms. The fraction of sp³-hybridized carbons (Fsp3) is 0.579. The highest BCUT2D eigenvalue weighted by molar-refractivity contribution is 5.87. The third-order valence-electron chi connectivity index (χ3n) is 5.63. The van der Waals surface area contributed by atoms with Gasteiger partial charge in [-0.2, -0.15) is 0 Å². The van der Waals surface area contributed by atoms with Gasteiger partial charge in [-0.15, -0.1) is 10.2 Å². The summed E-state index contributed by atoms with van der Waals surface area (Å²) in [6.07, 6.45) is 3.57. The molecule has 2 aromatic heterocycles. The van der Waals surface area contributed by atoms with Gasteiger partial charge in [0.15, 0.2) is 0 Å². The fourth-order valence-electron chi connectivity index (χ4n) is 3.78. The van der Waals surface area contributed by atoms with Crippen molar-refractivity contribution in [2.45, 2.75) is 62.8 Å². The number of carbonyl (C=O) groups is 1. The van der Waals surface area contributed by atoms with Gasteiger partial charge < -0.3 is 15.1 Å². The summed E-state index contributed by atoms with van der Waals surface area (Å²) in [6, 6.07) is 3.44. The standard InChI is InChI=1S/C19H23F2N5O2/c1-18(7-3-11-23-16(18)27)17-26-25-15(28-17)13-4-2-10-22-14(13)24-12-5-8-19(20,21)9-6-12/h2,4,10,12H,3,5-9,11H2,1H3,(H,22,24)(H,23,27). The molecule has 4 rings (SSSR count). The highest BCUT2D eigenvalue weighted by Crippen LogP contribution is 2.36. The summed E-state index contributed by atoms with van der Waals surface area (Å²) in [7, 11) is 0. The van der Waals surface area contributed by atoms with Crippen molar-refractivity contribution in [2.24, 2.45) is 0 Å². The van der Waals surface area contributed by atoms with Crippen LogP contribution in [0.3, 0.4) is 0 Å². The number of aromatic nitrogens is 3. The summed E-state index contributed by atoms with van der Waals surface area (Å²) in [5.41, 5.74) is -0.257. The third-order valence-corrected chi connectivity index (χ3v) is 5.63. The zero-order valence-corrected chi connectivity index (χ0v) is 15.7. The van der Waals surface area contributed by atoms with Crippen molar-refractivity contribution in [1.29, 1.82) is 0 Å². The van der Waals surface area contributed by atoms with Gasteiger partial charge in [0.1, 0.15) is 11.2 Å². The first-order chi connectivity index (χ1) is 13.4. The predicted octanol–water partition coefficient (Wildman–Crippen LogP) is 3.29. The van der Waals surface area contributed by atoms with Crippen molar-refractivity contribution in [3.05, 3.63) is 24.2 Å². The Hall–Kier alpha value is -2.58. The fourth-order valence-corrected chi connectivity index (χ4v) is 3.78. The van der Waals surface area contributed by atoms with E-state index in [-0.39, 0.29) is 36.6 Å². The number of hydrogen-bond donors (Lipinski definition) is 2. The quantitative estimate of drug-likeness (QED) is 0.831. The molecule has 3 heterocycles. The van der Waals surface area contributed by atoms with E-state index in [1.807, 2.05) is 0 Å². The maximum atomic E-state index is 13.4. The number of alkyl halides is 2. The maximum absolute atomic E-state index is 13.4. The summed E-state index contributed by atoms with van der Waals surface area (Å²) < 4.78 is 32.7. The highest BCUT2D eigenvalue weighted by atomic mass is 19.3. The van der Waals surface area contributed by atoms with E-state index >= 15 is 0 Å². The first-order valence-corrected chi connectivity index (χ1v) is 9.59. The zero-order chi connectivity index (χ0) is 19.8. The number of pyridine rings is 1. The minimum atomic E-state index is -2.58.